The number of hydrogen-bond donors (Lipinski definition) is 2. The van der Waals surface area contributed by atoms with E-state index < -0.39 is 0 Å². The molecule has 140 valence electrons. The Balaban J connectivity index is 1.67. The summed E-state index contributed by atoms with van der Waals surface area (Å²) in [6, 6.07) is 11.2. The molecule has 2 N–H and O–H groups in total. The molecule has 25 heavy (non-hydrogen) atoms. The first-order chi connectivity index (χ1) is 12.2. The summed E-state index contributed by atoms with van der Waals surface area (Å²) in [5.41, 5.74) is 1.35. The summed E-state index contributed by atoms with van der Waals surface area (Å²) in [5.74, 6) is 0.950. The van der Waals surface area contributed by atoms with Gasteiger partial charge >= 0.3 is 0 Å². The van der Waals surface area contributed by atoms with Gasteiger partial charge in [-0.15, -0.1) is 0 Å². The highest BCUT2D eigenvalue weighted by Gasteiger charge is 2.16. The third-order valence-corrected chi connectivity index (χ3v) is 4.74. The molecule has 5 nitrogen and oxygen atoms in total. The van der Waals surface area contributed by atoms with Gasteiger partial charge < -0.3 is 15.5 Å². The average molecular weight is 346 g/mol. The van der Waals surface area contributed by atoms with Crippen LogP contribution in [0.1, 0.15) is 33.6 Å². The minimum atomic E-state index is 0.462. The molecule has 1 saturated heterocycles. The van der Waals surface area contributed by atoms with Crippen molar-refractivity contribution in [3.8, 4) is 0 Å². The van der Waals surface area contributed by atoms with Crippen molar-refractivity contribution in [2.75, 3.05) is 50.7 Å². The molecule has 1 aromatic carbocycles. The Hall–Kier alpha value is -1.75. The third kappa shape index (κ3) is 6.94. The maximum Gasteiger partial charge on any atom is 0.191 e. The van der Waals surface area contributed by atoms with Gasteiger partial charge in [0.25, 0.3) is 0 Å². The molecular formula is C20H35N5. The van der Waals surface area contributed by atoms with Crippen LogP contribution in [0.3, 0.4) is 0 Å². The first kappa shape index (κ1) is 19.6. The van der Waals surface area contributed by atoms with Gasteiger partial charge in [0.2, 0.25) is 0 Å². The molecule has 0 aromatic heterocycles. The van der Waals surface area contributed by atoms with Gasteiger partial charge in [-0.3, -0.25) is 9.89 Å². The summed E-state index contributed by atoms with van der Waals surface area (Å²) in [5, 5.41) is 6.78. The van der Waals surface area contributed by atoms with Crippen LogP contribution in [-0.4, -0.2) is 62.7 Å². The second kappa shape index (κ2) is 11.0. The monoisotopic (exact) mass is 345 g/mol. The smallest absolute Gasteiger partial charge is 0.191 e. The standard InChI is InChI=1S/C20H35N5/c1-4-18(3)23-20(21-5-2)22-12-9-13-24-14-16-25(17-15-24)19-10-7-6-8-11-19/h6-8,10-11,18H,4-5,9,12-17H2,1-3H3,(H2,21,22,23). The molecule has 0 amide bonds. The molecule has 1 fully saturated rings. The third-order valence-electron chi connectivity index (χ3n) is 4.74. The molecule has 1 aliphatic rings. The topological polar surface area (TPSA) is 42.9 Å². The number of guanidine groups is 1. The Morgan fingerprint density at radius 1 is 1.12 bits per heavy atom. The van der Waals surface area contributed by atoms with Crippen molar-refractivity contribution in [1.82, 2.24) is 15.5 Å². The summed E-state index contributed by atoms with van der Waals surface area (Å²) in [6.07, 6.45) is 2.22. The summed E-state index contributed by atoms with van der Waals surface area (Å²) in [6.45, 7) is 13.9. The molecule has 1 heterocycles. The summed E-state index contributed by atoms with van der Waals surface area (Å²) in [7, 11) is 0. The normalized spacial score (nSPS) is 17.4. The average Bonchev–Trinajstić information content (AvgIpc) is 2.66. The first-order valence-corrected chi connectivity index (χ1v) is 9.80. The van der Waals surface area contributed by atoms with Crippen molar-refractivity contribution in [2.24, 2.45) is 4.99 Å². The molecule has 0 saturated carbocycles. The lowest BCUT2D eigenvalue weighted by Gasteiger charge is -2.36. The lowest BCUT2D eigenvalue weighted by Crippen LogP contribution is -2.46. The van der Waals surface area contributed by atoms with Gasteiger partial charge in [0, 0.05) is 57.5 Å². The highest BCUT2D eigenvalue weighted by atomic mass is 15.3. The van der Waals surface area contributed by atoms with E-state index in [9.17, 15) is 0 Å². The van der Waals surface area contributed by atoms with E-state index in [1.54, 1.807) is 0 Å². The van der Waals surface area contributed by atoms with Crippen LogP contribution < -0.4 is 15.5 Å². The Morgan fingerprint density at radius 3 is 2.48 bits per heavy atom. The fourth-order valence-electron chi connectivity index (χ4n) is 3.01. The predicted molar refractivity (Wildman–Crippen MR) is 109 cm³/mol. The van der Waals surface area contributed by atoms with Crippen LogP contribution >= 0.6 is 0 Å². The van der Waals surface area contributed by atoms with E-state index in [0.29, 0.717) is 6.04 Å². The number of para-hydroxylation sites is 1. The molecule has 0 spiro atoms. The Labute approximate surface area is 153 Å². The highest BCUT2D eigenvalue weighted by Crippen LogP contribution is 2.15. The van der Waals surface area contributed by atoms with Crippen molar-refractivity contribution in [3.05, 3.63) is 30.3 Å². The minimum Gasteiger partial charge on any atom is -0.369 e. The molecule has 1 aliphatic heterocycles. The van der Waals surface area contributed by atoms with Gasteiger partial charge in [-0.1, -0.05) is 25.1 Å². The van der Waals surface area contributed by atoms with E-state index in [0.717, 1.165) is 64.6 Å². The zero-order valence-electron chi connectivity index (χ0n) is 16.2. The van der Waals surface area contributed by atoms with E-state index in [-0.39, 0.29) is 0 Å². The molecule has 2 rings (SSSR count). The Kier molecular flexibility index (Phi) is 8.60. The van der Waals surface area contributed by atoms with Crippen molar-refractivity contribution in [1.29, 1.82) is 0 Å². The number of benzene rings is 1. The maximum atomic E-state index is 4.71. The largest absolute Gasteiger partial charge is 0.369 e. The van der Waals surface area contributed by atoms with E-state index >= 15 is 0 Å². The summed E-state index contributed by atoms with van der Waals surface area (Å²) >= 11 is 0. The lowest BCUT2D eigenvalue weighted by molar-refractivity contribution is 0.256. The Bertz CT molecular complexity index is 494. The van der Waals surface area contributed by atoms with Crippen LogP contribution in [0.25, 0.3) is 0 Å². The fourth-order valence-corrected chi connectivity index (χ4v) is 3.01. The quantitative estimate of drug-likeness (QED) is 0.432. The van der Waals surface area contributed by atoms with E-state index in [1.807, 2.05) is 0 Å². The van der Waals surface area contributed by atoms with E-state index in [2.05, 4.69) is 71.5 Å². The number of hydrogen-bond acceptors (Lipinski definition) is 3. The molecule has 0 aliphatic carbocycles. The van der Waals surface area contributed by atoms with Crippen LogP contribution in [0.5, 0.6) is 0 Å². The van der Waals surface area contributed by atoms with Crippen LogP contribution in [0, 0.1) is 0 Å². The molecule has 1 aromatic rings. The number of piperazine rings is 1. The number of rotatable bonds is 8. The number of nitrogens with one attached hydrogen (secondary N) is 2. The van der Waals surface area contributed by atoms with Gasteiger partial charge in [0.05, 0.1) is 0 Å². The molecule has 0 bridgehead atoms. The van der Waals surface area contributed by atoms with Gasteiger partial charge in [0.15, 0.2) is 5.96 Å². The molecular weight excluding hydrogens is 310 g/mol. The van der Waals surface area contributed by atoms with Gasteiger partial charge in [-0.05, 0) is 38.8 Å². The SMILES string of the molecule is CCNC(=NCCCN1CCN(c2ccccc2)CC1)NC(C)CC. The summed E-state index contributed by atoms with van der Waals surface area (Å²) in [4.78, 5) is 9.75. The van der Waals surface area contributed by atoms with Crippen LogP contribution in [0.2, 0.25) is 0 Å². The van der Waals surface area contributed by atoms with Crippen molar-refractivity contribution in [3.63, 3.8) is 0 Å². The molecule has 0 radical (unpaired) electrons. The zero-order chi connectivity index (χ0) is 17.9. The molecule has 5 heteroatoms. The predicted octanol–water partition coefficient (Wildman–Crippen LogP) is 2.55. The summed E-state index contributed by atoms with van der Waals surface area (Å²) < 4.78 is 0. The highest BCUT2D eigenvalue weighted by molar-refractivity contribution is 5.79. The van der Waals surface area contributed by atoms with Crippen molar-refractivity contribution < 1.29 is 0 Å². The number of anilines is 1. The first-order valence-electron chi connectivity index (χ1n) is 9.80. The Morgan fingerprint density at radius 2 is 1.84 bits per heavy atom. The fraction of sp³-hybridized carbons (Fsp3) is 0.650. The van der Waals surface area contributed by atoms with Crippen LogP contribution in [-0.2, 0) is 0 Å². The zero-order valence-corrected chi connectivity index (χ0v) is 16.2. The van der Waals surface area contributed by atoms with Crippen LogP contribution in [0.15, 0.2) is 35.3 Å². The van der Waals surface area contributed by atoms with Crippen molar-refractivity contribution >= 4 is 11.6 Å². The van der Waals surface area contributed by atoms with Crippen molar-refractivity contribution in [2.45, 2.75) is 39.7 Å². The van der Waals surface area contributed by atoms with Gasteiger partial charge in [-0.2, -0.15) is 0 Å². The number of aliphatic imine (C=N–C) groups is 1. The number of nitrogens with zero attached hydrogens (tertiary/aromatic N) is 3. The second-order valence-electron chi connectivity index (χ2n) is 6.73. The van der Waals surface area contributed by atoms with Crippen LogP contribution in [0.4, 0.5) is 5.69 Å². The molecule has 1 unspecified atom stereocenters. The van der Waals surface area contributed by atoms with E-state index in [4.69, 9.17) is 4.99 Å². The maximum absolute atomic E-state index is 4.71. The van der Waals surface area contributed by atoms with Gasteiger partial charge in [0.1, 0.15) is 0 Å². The van der Waals surface area contributed by atoms with Gasteiger partial charge in [-0.25, -0.2) is 0 Å². The lowest BCUT2D eigenvalue weighted by atomic mass is 10.2. The second-order valence-corrected chi connectivity index (χ2v) is 6.73. The molecule has 1 atom stereocenters. The van der Waals surface area contributed by atoms with E-state index in [1.165, 1.54) is 5.69 Å². The minimum absolute atomic E-state index is 0.462.